The number of halogens is 1. The summed E-state index contributed by atoms with van der Waals surface area (Å²) in [7, 11) is 0. The van der Waals surface area contributed by atoms with Gasteiger partial charge in [-0.3, -0.25) is 14.6 Å². The summed E-state index contributed by atoms with van der Waals surface area (Å²) in [6.45, 7) is 0.329. The van der Waals surface area contributed by atoms with E-state index in [0.717, 1.165) is 16.5 Å². The Balaban J connectivity index is 1.52. The lowest BCUT2D eigenvalue weighted by atomic mass is 10.1. The standard InChI is InChI=1S/C19H15ClN4O2/c20-14-1-3-15(4-2-14)24-11-13(9-17(24)25)19(26)23-18-16-10-21-7-5-12(16)6-8-22-18/h1-8,10,13H,9,11H2,(H,22,23,26). The third-order valence-electron chi connectivity index (χ3n) is 4.44. The molecule has 3 aromatic rings. The van der Waals surface area contributed by atoms with E-state index in [-0.39, 0.29) is 18.2 Å². The zero-order chi connectivity index (χ0) is 18.1. The largest absolute Gasteiger partial charge is 0.312 e. The van der Waals surface area contributed by atoms with Crippen LogP contribution >= 0.6 is 11.6 Å². The first-order valence-electron chi connectivity index (χ1n) is 8.17. The zero-order valence-electron chi connectivity index (χ0n) is 13.7. The molecule has 4 rings (SSSR count). The Bertz CT molecular complexity index is 985. The highest BCUT2D eigenvalue weighted by Gasteiger charge is 2.35. The van der Waals surface area contributed by atoms with Gasteiger partial charge in [-0.25, -0.2) is 4.98 Å². The number of anilines is 2. The smallest absolute Gasteiger partial charge is 0.230 e. The first-order chi connectivity index (χ1) is 12.6. The van der Waals surface area contributed by atoms with Gasteiger partial charge in [-0.15, -0.1) is 0 Å². The van der Waals surface area contributed by atoms with Crippen molar-refractivity contribution in [3.63, 3.8) is 0 Å². The topological polar surface area (TPSA) is 75.2 Å². The van der Waals surface area contributed by atoms with Crippen molar-refractivity contribution in [3.05, 3.63) is 60.0 Å². The third kappa shape index (κ3) is 3.11. The number of nitrogens with one attached hydrogen (secondary N) is 1. The average Bonchev–Trinajstić information content (AvgIpc) is 3.05. The summed E-state index contributed by atoms with van der Waals surface area (Å²) >= 11 is 5.89. The number of benzene rings is 1. The molecule has 1 aliphatic heterocycles. The van der Waals surface area contributed by atoms with Gasteiger partial charge >= 0.3 is 0 Å². The minimum atomic E-state index is -0.438. The van der Waals surface area contributed by atoms with E-state index in [9.17, 15) is 9.59 Å². The van der Waals surface area contributed by atoms with Crippen LogP contribution in [0.1, 0.15) is 6.42 Å². The van der Waals surface area contributed by atoms with Gasteiger partial charge in [-0.1, -0.05) is 11.6 Å². The van der Waals surface area contributed by atoms with Crippen molar-refractivity contribution >= 4 is 45.7 Å². The fourth-order valence-corrected chi connectivity index (χ4v) is 3.21. The van der Waals surface area contributed by atoms with Gasteiger partial charge in [0.15, 0.2) is 0 Å². The highest BCUT2D eigenvalue weighted by molar-refractivity contribution is 6.30. The van der Waals surface area contributed by atoms with Gasteiger partial charge in [0.25, 0.3) is 0 Å². The maximum absolute atomic E-state index is 12.7. The van der Waals surface area contributed by atoms with E-state index in [1.165, 1.54) is 0 Å². The van der Waals surface area contributed by atoms with Gasteiger partial charge in [0, 0.05) is 47.7 Å². The Morgan fingerprint density at radius 1 is 1.15 bits per heavy atom. The van der Waals surface area contributed by atoms with E-state index < -0.39 is 5.92 Å². The van der Waals surface area contributed by atoms with E-state index >= 15 is 0 Å². The molecule has 1 aromatic carbocycles. The number of carbonyl (C=O) groups is 2. The summed E-state index contributed by atoms with van der Waals surface area (Å²) in [4.78, 5) is 34.9. The van der Waals surface area contributed by atoms with E-state index in [2.05, 4.69) is 15.3 Å². The Morgan fingerprint density at radius 3 is 2.73 bits per heavy atom. The predicted octanol–water partition coefficient (Wildman–Crippen LogP) is 3.27. The maximum Gasteiger partial charge on any atom is 0.230 e. The van der Waals surface area contributed by atoms with Gasteiger partial charge in [-0.05, 0) is 41.8 Å². The van der Waals surface area contributed by atoms with Crippen LogP contribution in [-0.4, -0.2) is 28.3 Å². The van der Waals surface area contributed by atoms with Crippen LogP contribution in [0.3, 0.4) is 0 Å². The molecule has 2 amide bonds. The minimum absolute atomic E-state index is 0.0833. The Labute approximate surface area is 154 Å². The second-order valence-electron chi connectivity index (χ2n) is 6.13. The number of carbonyl (C=O) groups excluding carboxylic acids is 2. The number of pyridine rings is 2. The minimum Gasteiger partial charge on any atom is -0.312 e. The third-order valence-corrected chi connectivity index (χ3v) is 4.70. The molecule has 1 fully saturated rings. The Morgan fingerprint density at radius 2 is 1.92 bits per heavy atom. The predicted molar refractivity (Wildman–Crippen MR) is 100 cm³/mol. The van der Waals surface area contributed by atoms with E-state index in [1.807, 2.05) is 12.1 Å². The molecule has 3 heterocycles. The van der Waals surface area contributed by atoms with Gasteiger partial charge in [0.05, 0.1) is 5.92 Å². The van der Waals surface area contributed by atoms with Gasteiger partial charge in [0.2, 0.25) is 11.8 Å². The molecule has 7 heteroatoms. The Hall–Kier alpha value is -2.99. The van der Waals surface area contributed by atoms with Crippen LogP contribution < -0.4 is 10.2 Å². The van der Waals surface area contributed by atoms with E-state index in [4.69, 9.17) is 11.6 Å². The summed E-state index contributed by atoms with van der Waals surface area (Å²) in [6, 6.07) is 10.7. The van der Waals surface area contributed by atoms with Crippen molar-refractivity contribution in [2.24, 2.45) is 5.92 Å². The van der Waals surface area contributed by atoms with Crippen molar-refractivity contribution in [3.8, 4) is 0 Å². The molecule has 6 nitrogen and oxygen atoms in total. The van der Waals surface area contributed by atoms with Crippen molar-refractivity contribution in [1.29, 1.82) is 0 Å². The molecule has 1 aliphatic rings. The molecule has 0 bridgehead atoms. The molecule has 2 aromatic heterocycles. The first-order valence-corrected chi connectivity index (χ1v) is 8.55. The molecule has 0 saturated carbocycles. The molecule has 0 aliphatic carbocycles. The fourth-order valence-electron chi connectivity index (χ4n) is 3.08. The molecule has 26 heavy (non-hydrogen) atoms. The molecule has 1 N–H and O–H groups in total. The van der Waals surface area contributed by atoms with E-state index in [0.29, 0.717) is 17.4 Å². The van der Waals surface area contributed by atoms with Crippen LogP contribution in [0.25, 0.3) is 10.8 Å². The van der Waals surface area contributed by atoms with Crippen LogP contribution in [0.4, 0.5) is 11.5 Å². The number of hydrogen-bond donors (Lipinski definition) is 1. The summed E-state index contributed by atoms with van der Waals surface area (Å²) in [5.74, 6) is -0.288. The second kappa shape index (κ2) is 6.72. The zero-order valence-corrected chi connectivity index (χ0v) is 14.5. The van der Waals surface area contributed by atoms with Crippen molar-refractivity contribution in [2.45, 2.75) is 6.42 Å². The highest BCUT2D eigenvalue weighted by Crippen LogP contribution is 2.28. The summed E-state index contributed by atoms with van der Waals surface area (Å²) in [5, 5.41) is 5.15. The van der Waals surface area contributed by atoms with Crippen LogP contribution in [0.15, 0.2) is 55.0 Å². The lowest BCUT2D eigenvalue weighted by Crippen LogP contribution is -2.28. The van der Waals surface area contributed by atoms with Crippen LogP contribution in [0.2, 0.25) is 5.02 Å². The van der Waals surface area contributed by atoms with Crippen LogP contribution in [-0.2, 0) is 9.59 Å². The first kappa shape index (κ1) is 16.5. The van der Waals surface area contributed by atoms with Crippen LogP contribution in [0, 0.1) is 5.92 Å². The number of hydrogen-bond acceptors (Lipinski definition) is 4. The van der Waals surface area contributed by atoms with Crippen molar-refractivity contribution < 1.29 is 9.59 Å². The van der Waals surface area contributed by atoms with Crippen molar-refractivity contribution in [2.75, 3.05) is 16.8 Å². The van der Waals surface area contributed by atoms with Crippen LogP contribution in [0.5, 0.6) is 0 Å². The Kier molecular flexibility index (Phi) is 4.26. The molecular weight excluding hydrogens is 352 g/mol. The lowest BCUT2D eigenvalue weighted by molar-refractivity contribution is -0.122. The van der Waals surface area contributed by atoms with Crippen molar-refractivity contribution in [1.82, 2.24) is 9.97 Å². The normalized spacial score (nSPS) is 16.9. The number of nitrogens with zero attached hydrogens (tertiary/aromatic N) is 3. The quantitative estimate of drug-likeness (QED) is 0.771. The van der Waals surface area contributed by atoms with Gasteiger partial charge in [-0.2, -0.15) is 0 Å². The molecule has 1 saturated heterocycles. The maximum atomic E-state index is 12.7. The number of aromatic nitrogens is 2. The lowest BCUT2D eigenvalue weighted by Gasteiger charge is -2.16. The molecule has 0 spiro atoms. The van der Waals surface area contributed by atoms with Gasteiger partial charge < -0.3 is 10.2 Å². The molecule has 130 valence electrons. The van der Waals surface area contributed by atoms with Gasteiger partial charge in [0.1, 0.15) is 5.82 Å². The number of rotatable bonds is 3. The molecule has 1 unspecified atom stereocenters. The fraction of sp³-hybridized carbons (Fsp3) is 0.158. The SMILES string of the molecule is O=C(Nc1nccc2ccncc12)C1CC(=O)N(c2ccc(Cl)cc2)C1. The average molecular weight is 367 g/mol. The molecular formula is C19H15ClN4O2. The highest BCUT2D eigenvalue weighted by atomic mass is 35.5. The monoisotopic (exact) mass is 366 g/mol. The van der Waals surface area contributed by atoms with E-state index in [1.54, 1.807) is 47.8 Å². The number of fused-ring (bicyclic) bond motifs is 1. The number of amides is 2. The summed E-state index contributed by atoms with van der Waals surface area (Å²) in [5.41, 5.74) is 0.738. The molecule has 1 atom stereocenters. The molecule has 0 radical (unpaired) electrons. The summed E-state index contributed by atoms with van der Waals surface area (Å²) < 4.78 is 0. The summed E-state index contributed by atoms with van der Waals surface area (Å²) in [6.07, 6.45) is 5.15. The second-order valence-corrected chi connectivity index (χ2v) is 6.56.